The van der Waals surface area contributed by atoms with E-state index >= 15 is 0 Å². The Kier molecular flexibility index (Phi) is 8.12. The van der Waals surface area contributed by atoms with Crippen molar-refractivity contribution in [1.29, 1.82) is 0 Å². The van der Waals surface area contributed by atoms with Crippen LogP contribution in [0.25, 0.3) is 0 Å². The molecule has 2 atom stereocenters. The number of methoxy groups -OCH3 is 2. The van der Waals surface area contributed by atoms with E-state index in [1.807, 2.05) is 25.1 Å². The number of halogens is 2. The lowest BCUT2D eigenvalue weighted by Gasteiger charge is -2.37. The van der Waals surface area contributed by atoms with E-state index in [1.54, 1.807) is 26.4 Å². The number of hydrogen-bond donors (Lipinski definition) is 1. The van der Waals surface area contributed by atoms with Crippen LogP contribution in [0.4, 0.5) is 4.39 Å². The van der Waals surface area contributed by atoms with Crippen LogP contribution in [-0.2, 0) is 14.3 Å². The van der Waals surface area contributed by atoms with E-state index in [0.717, 1.165) is 43.4 Å². The smallest absolute Gasteiger partial charge is 0.337 e. The summed E-state index contributed by atoms with van der Waals surface area (Å²) in [7, 11) is 3.18. The maximum atomic E-state index is 14.2. The number of carbonyl (C=O) groups is 2. The molecule has 39 heavy (non-hydrogen) atoms. The molecule has 1 heterocycles. The minimum absolute atomic E-state index is 0.0514. The molecule has 6 nitrogen and oxygen atoms in total. The third kappa shape index (κ3) is 5.49. The summed E-state index contributed by atoms with van der Waals surface area (Å²) in [5, 5.41) is 3.39. The third-order valence-corrected chi connectivity index (χ3v) is 8.64. The van der Waals surface area contributed by atoms with Crippen LogP contribution < -0.4 is 14.8 Å². The molecule has 2 aliphatic carbocycles. The number of dihydropyridines is 1. The summed E-state index contributed by atoms with van der Waals surface area (Å²) >= 11 is 3.29. The zero-order valence-electron chi connectivity index (χ0n) is 22.4. The van der Waals surface area contributed by atoms with Gasteiger partial charge in [0.05, 0.1) is 24.3 Å². The van der Waals surface area contributed by atoms with Crippen LogP contribution in [0.15, 0.2) is 63.4 Å². The van der Waals surface area contributed by atoms with Crippen molar-refractivity contribution in [3.63, 3.8) is 0 Å². The molecule has 5 rings (SSSR count). The fourth-order valence-electron chi connectivity index (χ4n) is 6.08. The van der Waals surface area contributed by atoms with Gasteiger partial charge in [0, 0.05) is 29.3 Å². The summed E-state index contributed by atoms with van der Waals surface area (Å²) < 4.78 is 31.3. The van der Waals surface area contributed by atoms with Gasteiger partial charge in [0.25, 0.3) is 0 Å². The monoisotopic (exact) mass is 597 g/mol. The third-order valence-electron chi connectivity index (χ3n) is 8.03. The average Bonchev–Trinajstić information content (AvgIpc) is 2.93. The summed E-state index contributed by atoms with van der Waals surface area (Å²) in [4.78, 5) is 27.5. The summed E-state index contributed by atoms with van der Waals surface area (Å²) in [5.41, 5.74) is 4.04. The van der Waals surface area contributed by atoms with Crippen molar-refractivity contribution < 1.29 is 28.2 Å². The second-order valence-electron chi connectivity index (χ2n) is 10.5. The molecule has 1 aliphatic heterocycles. The van der Waals surface area contributed by atoms with E-state index in [9.17, 15) is 14.0 Å². The molecule has 0 spiro atoms. The normalized spacial score (nSPS) is 21.8. The SMILES string of the molecule is COc1ccc([C@@H]2CC(=O)C3=C(C2)NC(C)=C(C(=O)OC2CCCCC2)[C@@H]3c2ccc(F)c(Br)c2)cc1OC. The lowest BCUT2D eigenvalue weighted by Crippen LogP contribution is -2.37. The number of nitrogens with one attached hydrogen (secondary N) is 1. The van der Waals surface area contributed by atoms with Gasteiger partial charge in [-0.3, -0.25) is 4.79 Å². The van der Waals surface area contributed by atoms with Crippen LogP contribution in [0.1, 0.15) is 74.8 Å². The van der Waals surface area contributed by atoms with Crippen LogP contribution in [0.2, 0.25) is 0 Å². The second kappa shape index (κ2) is 11.5. The maximum Gasteiger partial charge on any atom is 0.337 e. The number of rotatable bonds is 6. The van der Waals surface area contributed by atoms with Crippen molar-refractivity contribution in [3.05, 3.63) is 80.4 Å². The molecule has 0 radical (unpaired) electrons. The predicted molar refractivity (Wildman–Crippen MR) is 149 cm³/mol. The zero-order valence-corrected chi connectivity index (χ0v) is 24.0. The van der Waals surface area contributed by atoms with Gasteiger partial charge in [-0.05, 0) is 96.3 Å². The number of Topliss-reactive ketones (excluding diaryl/α,β-unsaturated/α-hetero) is 1. The Labute approximate surface area is 236 Å². The first-order valence-electron chi connectivity index (χ1n) is 13.4. The molecular formula is C31H33BrFNO5. The molecule has 0 unspecified atom stereocenters. The standard InChI is InChI=1S/C31H33BrFNO5/c1-17-28(31(36)39-21-7-5-4-6-8-21)29(19-9-11-23(33)22(32)13-19)30-24(34-17)14-20(15-25(30)35)18-10-12-26(37-2)27(16-18)38-3/h9-13,16,20-21,29,34H,4-8,14-15H2,1-3H3/t20-,29-/m0/s1. The molecule has 3 aliphatic rings. The molecular weight excluding hydrogens is 565 g/mol. The van der Waals surface area contributed by atoms with E-state index in [-0.39, 0.29) is 28.7 Å². The highest BCUT2D eigenvalue weighted by Crippen LogP contribution is 2.47. The summed E-state index contributed by atoms with van der Waals surface area (Å²) in [6, 6.07) is 10.4. The molecule has 0 saturated heterocycles. The minimum Gasteiger partial charge on any atom is -0.493 e. The minimum atomic E-state index is -0.645. The van der Waals surface area contributed by atoms with E-state index in [2.05, 4.69) is 21.2 Å². The number of esters is 1. The Morgan fingerprint density at radius 1 is 0.974 bits per heavy atom. The van der Waals surface area contributed by atoms with Gasteiger partial charge in [0.1, 0.15) is 11.9 Å². The van der Waals surface area contributed by atoms with Crippen LogP contribution in [0, 0.1) is 5.82 Å². The number of allylic oxidation sites excluding steroid dienone is 3. The van der Waals surface area contributed by atoms with Crippen LogP contribution in [0.3, 0.4) is 0 Å². The molecule has 8 heteroatoms. The predicted octanol–water partition coefficient (Wildman–Crippen LogP) is 6.84. The van der Waals surface area contributed by atoms with Crippen molar-refractivity contribution >= 4 is 27.7 Å². The molecule has 206 valence electrons. The molecule has 1 fully saturated rings. The van der Waals surface area contributed by atoms with Gasteiger partial charge in [-0.15, -0.1) is 0 Å². The van der Waals surface area contributed by atoms with Gasteiger partial charge < -0.3 is 19.5 Å². The van der Waals surface area contributed by atoms with E-state index in [0.29, 0.717) is 40.3 Å². The first kappa shape index (κ1) is 27.4. The summed E-state index contributed by atoms with van der Waals surface area (Å²) in [6.07, 6.45) is 5.64. The van der Waals surface area contributed by atoms with Crippen molar-refractivity contribution in [1.82, 2.24) is 5.32 Å². The largest absolute Gasteiger partial charge is 0.493 e. The topological polar surface area (TPSA) is 73.9 Å². The van der Waals surface area contributed by atoms with Gasteiger partial charge in [0.15, 0.2) is 17.3 Å². The van der Waals surface area contributed by atoms with Crippen molar-refractivity contribution in [3.8, 4) is 11.5 Å². The second-order valence-corrected chi connectivity index (χ2v) is 11.3. The Balaban J connectivity index is 1.53. The van der Waals surface area contributed by atoms with Gasteiger partial charge in [-0.25, -0.2) is 9.18 Å². The highest BCUT2D eigenvalue weighted by atomic mass is 79.9. The van der Waals surface area contributed by atoms with Crippen molar-refractivity contribution in [2.45, 2.75) is 69.8 Å². The molecule has 2 aromatic rings. The number of benzene rings is 2. The maximum absolute atomic E-state index is 14.2. The van der Waals surface area contributed by atoms with Crippen molar-refractivity contribution in [2.24, 2.45) is 0 Å². The fraction of sp³-hybridized carbons (Fsp3) is 0.419. The van der Waals surface area contributed by atoms with Crippen molar-refractivity contribution in [2.75, 3.05) is 14.2 Å². The number of ether oxygens (including phenoxy) is 3. The Morgan fingerprint density at radius 3 is 2.38 bits per heavy atom. The number of hydrogen-bond acceptors (Lipinski definition) is 6. The number of carbonyl (C=O) groups excluding carboxylic acids is 2. The van der Waals surface area contributed by atoms with Gasteiger partial charge >= 0.3 is 5.97 Å². The Bertz CT molecular complexity index is 1360. The quantitative estimate of drug-likeness (QED) is 0.367. The zero-order chi connectivity index (χ0) is 27.7. The van der Waals surface area contributed by atoms with E-state index in [1.165, 1.54) is 6.07 Å². The van der Waals surface area contributed by atoms with E-state index in [4.69, 9.17) is 14.2 Å². The molecule has 0 aromatic heterocycles. The average molecular weight is 599 g/mol. The molecule has 1 saturated carbocycles. The molecule has 2 aromatic carbocycles. The molecule has 1 N–H and O–H groups in total. The molecule has 0 bridgehead atoms. The van der Waals surface area contributed by atoms with E-state index < -0.39 is 17.7 Å². The highest BCUT2D eigenvalue weighted by molar-refractivity contribution is 9.10. The lowest BCUT2D eigenvalue weighted by atomic mass is 9.71. The first-order valence-corrected chi connectivity index (χ1v) is 14.2. The number of ketones is 1. The first-order chi connectivity index (χ1) is 18.8. The lowest BCUT2D eigenvalue weighted by molar-refractivity contribution is -0.146. The highest BCUT2D eigenvalue weighted by Gasteiger charge is 2.42. The van der Waals surface area contributed by atoms with Crippen LogP contribution in [-0.4, -0.2) is 32.1 Å². The van der Waals surface area contributed by atoms with Gasteiger partial charge in [-0.1, -0.05) is 18.6 Å². The fourth-order valence-corrected chi connectivity index (χ4v) is 6.47. The molecule has 0 amide bonds. The summed E-state index contributed by atoms with van der Waals surface area (Å²) in [6.45, 7) is 1.84. The Morgan fingerprint density at radius 2 is 1.69 bits per heavy atom. The summed E-state index contributed by atoms with van der Waals surface area (Å²) in [5.74, 6) is -0.362. The van der Waals surface area contributed by atoms with Crippen LogP contribution in [0.5, 0.6) is 11.5 Å². The Hall–Kier alpha value is -3.13. The van der Waals surface area contributed by atoms with Crippen LogP contribution >= 0.6 is 15.9 Å². The van der Waals surface area contributed by atoms with Gasteiger partial charge in [-0.2, -0.15) is 0 Å². The van der Waals surface area contributed by atoms with Gasteiger partial charge in [0.2, 0.25) is 0 Å².